The highest BCUT2D eigenvalue weighted by Crippen LogP contribution is 2.45. The first kappa shape index (κ1) is 78.9. The molecule has 23 nitrogen and oxygen atoms in total. The third kappa shape index (κ3) is 21.8. The fourth-order valence-corrected chi connectivity index (χ4v) is 14.5. The Bertz CT molecular complexity index is 2900. The molecular weight excluding hydrogens is 1310 g/mol. The smallest absolute Gasteiger partial charge is 0.410 e. The van der Waals surface area contributed by atoms with Crippen LogP contribution in [0.3, 0.4) is 0 Å². The molecule has 0 unspecified atom stereocenters. The van der Waals surface area contributed by atoms with E-state index in [-0.39, 0.29) is 80.0 Å². The van der Waals surface area contributed by atoms with Crippen molar-refractivity contribution in [2.45, 2.75) is 157 Å². The average Bonchev–Trinajstić information content (AvgIpc) is 1.69. The van der Waals surface area contributed by atoms with E-state index >= 15 is 0 Å². The number of carbonyl (C=O) groups excluding carboxylic acids is 5. The number of sulfonamides is 2. The number of hydrogen-bond donors (Lipinski definition) is 2. The molecule has 2 aromatic carbocycles. The second-order valence-corrected chi connectivity index (χ2v) is 30.2. The number of carbonyl (C=O) groups is 5. The second kappa shape index (κ2) is 34.2. The van der Waals surface area contributed by atoms with E-state index in [0.29, 0.717) is 123 Å². The predicted molar refractivity (Wildman–Crippen MR) is 340 cm³/mol. The number of ether oxygens (including phenoxy) is 5. The fraction of sp³-hybridized carbons (Fsp3) is 0.717. The van der Waals surface area contributed by atoms with E-state index in [0.717, 1.165) is 51.4 Å². The van der Waals surface area contributed by atoms with Crippen LogP contribution in [0.15, 0.2) is 58.3 Å². The van der Waals surface area contributed by atoms with Gasteiger partial charge in [-0.2, -0.15) is 8.61 Å². The number of piperazine rings is 3. The first-order chi connectivity index (χ1) is 41.8. The molecule has 3 aliphatic heterocycles. The number of benzene rings is 2. The largest absolute Gasteiger partial charge is 1.00 e. The molecule has 7 aliphatic rings. The van der Waals surface area contributed by atoms with Gasteiger partial charge in [0, 0.05) is 122 Å². The summed E-state index contributed by atoms with van der Waals surface area (Å²) in [6, 6.07) is 13.0. The Morgan fingerprint density at radius 1 is 0.544 bits per heavy atom. The van der Waals surface area contributed by atoms with Crippen LogP contribution in [0.25, 0.3) is 0 Å². The summed E-state index contributed by atoms with van der Waals surface area (Å²) in [5, 5.41) is 9.94. The molecule has 2 aromatic rings. The van der Waals surface area contributed by atoms with Crippen LogP contribution < -0.4 is 18.1 Å². The van der Waals surface area contributed by atoms with Crippen LogP contribution in [0, 0.1) is 0 Å². The summed E-state index contributed by atoms with van der Waals surface area (Å²) < 4.78 is 79.3. The van der Waals surface area contributed by atoms with Gasteiger partial charge in [-0.15, -0.1) is 23.2 Å². The SMILES string of the molecule is CC(C)(C)OC(=O)N(CCCl)CCCl.CCOC(=O)C1(N2CCN(C(=O)OC(C)(C)C)CC2)CC1.CCOC(=O)C1(N2CCN(S(=O)(=O)c3ccccc3Cl)CC2)CC1.CCOC(=O)C1([NH3+])CC1.O=S(=O)(c1ccccc1Cl)N1CCN(C2(CO)CC2)CC1.[Cl-]. The zero-order valence-corrected chi connectivity index (χ0v) is 59.0. The minimum absolute atomic E-state index is 0. The van der Waals surface area contributed by atoms with E-state index in [1.165, 1.54) is 19.6 Å². The first-order valence-corrected chi connectivity index (χ1v) is 35.3. The lowest BCUT2D eigenvalue weighted by Crippen LogP contribution is -3.00. The molecule has 4 saturated carbocycles. The van der Waals surface area contributed by atoms with Gasteiger partial charge in [0.1, 0.15) is 32.1 Å². The molecule has 4 N–H and O–H groups in total. The average molecular weight is 1410 g/mol. The number of hydrogen-bond acceptors (Lipinski definition) is 18. The van der Waals surface area contributed by atoms with Gasteiger partial charge in [-0.3, -0.25) is 24.3 Å². The van der Waals surface area contributed by atoms with Crippen LogP contribution in [0.5, 0.6) is 0 Å². The number of rotatable bonds is 18. The van der Waals surface area contributed by atoms with E-state index in [2.05, 4.69) is 20.4 Å². The summed E-state index contributed by atoms with van der Waals surface area (Å²) in [5.74, 6) is 0.333. The van der Waals surface area contributed by atoms with Gasteiger partial charge in [-0.1, -0.05) is 47.5 Å². The number of aliphatic hydroxyl groups excluding tert-OH is 1. The number of amides is 2. The summed E-state index contributed by atoms with van der Waals surface area (Å²) in [6.07, 6.45) is 6.43. The third-order valence-electron chi connectivity index (χ3n) is 16.0. The van der Waals surface area contributed by atoms with Gasteiger partial charge in [0.2, 0.25) is 20.0 Å². The van der Waals surface area contributed by atoms with Crippen LogP contribution in [-0.2, 0) is 58.1 Å². The topological polar surface area (TPSA) is 270 Å². The number of halogens is 5. The molecule has 512 valence electrons. The van der Waals surface area contributed by atoms with Gasteiger partial charge in [-0.25, -0.2) is 31.2 Å². The molecule has 30 heteroatoms. The van der Waals surface area contributed by atoms with Gasteiger partial charge in [0.25, 0.3) is 0 Å². The lowest BCUT2D eigenvalue weighted by Gasteiger charge is -2.38. The minimum atomic E-state index is -3.61. The first-order valence-electron chi connectivity index (χ1n) is 30.6. The molecule has 0 radical (unpaired) electrons. The van der Waals surface area contributed by atoms with Crippen LogP contribution in [0.4, 0.5) is 9.59 Å². The van der Waals surface area contributed by atoms with Crippen molar-refractivity contribution in [2.75, 3.05) is 130 Å². The molecule has 0 aromatic heterocycles. The highest BCUT2D eigenvalue weighted by Gasteiger charge is 2.58. The van der Waals surface area contributed by atoms with Crippen molar-refractivity contribution in [3.05, 3.63) is 58.6 Å². The number of nitrogens with zero attached hydrogens (tertiary/aromatic N) is 7. The normalized spacial score (nSPS) is 20.1. The lowest BCUT2D eigenvalue weighted by atomic mass is 10.2. The van der Waals surface area contributed by atoms with Crippen molar-refractivity contribution in [2.24, 2.45) is 0 Å². The van der Waals surface area contributed by atoms with Crippen molar-refractivity contribution >= 4 is 96.5 Å². The molecule has 4 aliphatic carbocycles. The van der Waals surface area contributed by atoms with Gasteiger partial charge < -0.3 is 56.7 Å². The zero-order chi connectivity index (χ0) is 66.2. The molecule has 90 heavy (non-hydrogen) atoms. The quantitative estimate of drug-likeness (QED) is 0.123. The maximum absolute atomic E-state index is 12.7. The number of quaternary nitrogens is 1. The van der Waals surface area contributed by atoms with Crippen LogP contribution in [0.1, 0.15) is 114 Å². The Hall–Kier alpha value is -3.54. The van der Waals surface area contributed by atoms with Crippen LogP contribution >= 0.6 is 46.4 Å². The van der Waals surface area contributed by atoms with E-state index in [1.54, 1.807) is 54.3 Å². The monoisotopic (exact) mass is 1410 g/mol. The Morgan fingerprint density at radius 3 is 1.21 bits per heavy atom. The molecule has 0 atom stereocenters. The molecule has 0 bridgehead atoms. The fourth-order valence-electron chi connectivity index (χ4n) is 10.2. The van der Waals surface area contributed by atoms with Crippen LogP contribution in [-0.4, -0.2) is 248 Å². The van der Waals surface area contributed by atoms with E-state index in [9.17, 15) is 45.9 Å². The van der Waals surface area contributed by atoms with E-state index in [1.807, 2.05) is 55.4 Å². The predicted octanol–water partition coefficient (Wildman–Crippen LogP) is 3.58. The number of esters is 3. The summed E-state index contributed by atoms with van der Waals surface area (Å²) in [6.45, 7) is 25.3. The lowest BCUT2D eigenvalue weighted by molar-refractivity contribution is -0.425. The van der Waals surface area contributed by atoms with Gasteiger partial charge in [-0.05, 0) is 125 Å². The summed E-state index contributed by atoms with van der Waals surface area (Å²) in [4.78, 5) is 68.6. The minimum Gasteiger partial charge on any atom is -1.00 e. The van der Waals surface area contributed by atoms with E-state index < -0.39 is 42.3 Å². The van der Waals surface area contributed by atoms with Crippen molar-refractivity contribution in [3.63, 3.8) is 0 Å². The second-order valence-electron chi connectivity index (χ2n) is 24.8. The van der Waals surface area contributed by atoms with Crippen molar-refractivity contribution < 1.29 is 87.7 Å². The summed E-state index contributed by atoms with van der Waals surface area (Å²) >= 11 is 23.2. The maximum atomic E-state index is 12.7. The molecule has 7 fully saturated rings. The molecule has 3 saturated heterocycles. The van der Waals surface area contributed by atoms with Gasteiger partial charge in [0.05, 0.1) is 36.5 Å². The van der Waals surface area contributed by atoms with Crippen LogP contribution in [0.2, 0.25) is 10.0 Å². The molecule has 3 heterocycles. The standard InChI is InChI=1S/C16H21ClN2O4S.C15H26N2O4.C14H19ClN2O3S.C9H17Cl2NO2.C6H11NO2.ClH/c1-2-23-15(20)16(7-8-16)18-9-11-19(12-10-18)24(21,22)14-6-4-3-5-13(14)17;1-5-20-12(18)15(6-7-15)17-10-8-16(9-11-17)13(19)21-14(2,3)4;15-12-3-1-2-4-13(12)21(19,20)17-9-7-16(8-10-17)14(11-18)5-6-14;1-9(2,3)14-8(13)12(6-4-10)7-5-11;1-2-9-5(8)6(7)3-4-6;/h3-6H,2,7-12H2,1H3;5-11H2,1-4H3;1-4,18H,5-11H2;4-7H2,1-3H3;2-4,7H2,1H3;1H. The van der Waals surface area contributed by atoms with E-state index in [4.69, 9.17) is 70.1 Å². The van der Waals surface area contributed by atoms with Crippen molar-refractivity contribution in [1.82, 2.24) is 33.1 Å². The maximum Gasteiger partial charge on any atom is 0.410 e. The molecular formula is C60H95Cl5N8O15S2. The highest BCUT2D eigenvalue weighted by molar-refractivity contribution is 7.89. The molecule has 2 amide bonds. The Kier molecular flexibility index (Phi) is 30.0. The molecule has 0 spiro atoms. The van der Waals surface area contributed by atoms with Gasteiger partial charge >= 0.3 is 30.1 Å². The Balaban J connectivity index is 0.000000247. The van der Waals surface area contributed by atoms with Crippen molar-refractivity contribution in [3.8, 4) is 0 Å². The summed E-state index contributed by atoms with van der Waals surface area (Å²) in [7, 11) is -7.15. The Labute approximate surface area is 559 Å². The zero-order valence-electron chi connectivity index (χ0n) is 53.6. The third-order valence-corrected chi connectivity index (χ3v) is 21.1. The highest BCUT2D eigenvalue weighted by atomic mass is 35.5. The van der Waals surface area contributed by atoms with Gasteiger partial charge in [0.15, 0.2) is 5.54 Å². The number of alkyl halides is 2. The number of aliphatic hydroxyl groups is 1. The summed E-state index contributed by atoms with van der Waals surface area (Å²) in [5.41, 5.74) is 1.39. The van der Waals surface area contributed by atoms with Crippen molar-refractivity contribution in [1.29, 1.82) is 0 Å². The Morgan fingerprint density at radius 2 is 0.900 bits per heavy atom. The molecule has 9 rings (SSSR count).